The molecule has 0 spiro atoms. The van der Waals surface area contributed by atoms with Gasteiger partial charge in [-0.15, -0.1) is 11.3 Å². The van der Waals surface area contributed by atoms with E-state index < -0.39 is 23.7 Å². The first kappa shape index (κ1) is 19.6. The first-order chi connectivity index (χ1) is 13.3. The third-order valence-electron chi connectivity index (χ3n) is 4.41. The number of amides is 2. The summed E-state index contributed by atoms with van der Waals surface area (Å²) in [6, 6.07) is 7.36. The largest absolute Gasteiger partial charge is 0.461 e. The van der Waals surface area contributed by atoms with Crippen molar-refractivity contribution in [2.45, 2.75) is 32.9 Å². The third kappa shape index (κ3) is 4.58. The molecule has 1 unspecified atom stereocenters. The second-order valence-electron chi connectivity index (χ2n) is 6.46. The zero-order chi connectivity index (χ0) is 20.3. The SMILES string of the molecule is Cc1cc2oc(=O)cc(COC(=O)CC(NC(N)=O)c3cccs3)c2cc1C. The Labute approximate surface area is 165 Å². The summed E-state index contributed by atoms with van der Waals surface area (Å²) in [5.41, 5.74) is 7.76. The molecule has 3 N–H and O–H groups in total. The second-order valence-corrected chi connectivity index (χ2v) is 7.44. The Kier molecular flexibility index (Phi) is 5.79. The number of hydrogen-bond donors (Lipinski definition) is 2. The second kappa shape index (κ2) is 8.26. The first-order valence-corrected chi connectivity index (χ1v) is 9.50. The number of nitrogens with two attached hydrogens (primary N) is 1. The zero-order valence-corrected chi connectivity index (χ0v) is 16.3. The van der Waals surface area contributed by atoms with Crippen LogP contribution in [0.15, 0.2) is 44.9 Å². The number of fused-ring (bicyclic) bond motifs is 1. The van der Waals surface area contributed by atoms with Gasteiger partial charge >= 0.3 is 17.6 Å². The molecular weight excluding hydrogens is 380 g/mol. The predicted octanol–water partition coefficient (Wildman–Crippen LogP) is 3.31. The van der Waals surface area contributed by atoms with E-state index in [1.165, 1.54) is 17.4 Å². The van der Waals surface area contributed by atoms with Crippen LogP contribution >= 0.6 is 11.3 Å². The number of carbonyl (C=O) groups excluding carboxylic acids is 2. The highest BCUT2D eigenvalue weighted by molar-refractivity contribution is 7.10. The zero-order valence-electron chi connectivity index (χ0n) is 15.5. The Hall–Kier alpha value is -3.13. The fourth-order valence-corrected chi connectivity index (χ4v) is 3.65. The fourth-order valence-electron chi connectivity index (χ4n) is 2.87. The maximum Gasteiger partial charge on any atom is 0.336 e. The van der Waals surface area contributed by atoms with Crippen molar-refractivity contribution < 1.29 is 18.7 Å². The van der Waals surface area contributed by atoms with Crippen LogP contribution in [0, 0.1) is 13.8 Å². The average Bonchev–Trinajstić information content (AvgIpc) is 3.15. The van der Waals surface area contributed by atoms with Crippen LogP contribution in [0.1, 0.15) is 34.0 Å². The summed E-state index contributed by atoms with van der Waals surface area (Å²) in [5.74, 6) is -0.516. The summed E-state index contributed by atoms with van der Waals surface area (Å²) in [7, 11) is 0. The van der Waals surface area contributed by atoms with E-state index in [0.29, 0.717) is 11.1 Å². The monoisotopic (exact) mass is 400 g/mol. The molecule has 3 aromatic rings. The van der Waals surface area contributed by atoms with Gasteiger partial charge in [0.25, 0.3) is 0 Å². The fraction of sp³-hybridized carbons (Fsp3) is 0.250. The van der Waals surface area contributed by atoms with Gasteiger partial charge in [-0.25, -0.2) is 9.59 Å². The molecule has 0 aliphatic carbocycles. The Morgan fingerprint density at radius 2 is 2.00 bits per heavy atom. The molecule has 2 aromatic heterocycles. The molecule has 1 aromatic carbocycles. The standard InChI is InChI=1S/C20H20N2O5S/c1-11-6-14-13(8-19(24)27-16(14)7-12(11)2)10-26-18(23)9-15(22-20(21)25)17-4-3-5-28-17/h3-8,15H,9-10H2,1-2H3,(H3,21,22,25). The van der Waals surface area contributed by atoms with Gasteiger partial charge in [0.2, 0.25) is 0 Å². The number of thiophene rings is 1. The van der Waals surface area contributed by atoms with Crippen molar-refractivity contribution >= 4 is 34.3 Å². The molecule has 0 bridgehead atoms. The third-order valence-corrected chi connectivity index (χ3v) is 5.39. The van der Waals surface area contributed by atoms with Gasteiger partial charge in [-0.3, -0.25) is 4.79 Å². The molecule has 8 heteroatoms. The van der Waals surface area contributed by atoms with E-state index >= 15 is 0 Å². The van der Waals surface area contributed by atoms with Crippen LogP contribution in [0.4, 0.5) is 4.79 Å². The van der Waals surface area contributed by atoms with E-state index in [4.69, 9.17) is 14.9 Å². The molecular formula is C20H20N2O5S. The summed E-state index contributed by atoms with van der Waals surface area (Å²) in [6.45, 7) is 3.81. The van der Waals surface area contributed by atoms with Crippen molar-refractivity contribution in [3.05, 3.63) is 67.7 Å². The van der Waals surface area contributed by atoms with Crippen molar-refractivity contribution in [2.75, 3.05) is 0 Å². The number of nitrogens with one attached hydrogen (secondary N) is 1. The molecule has 1 atom stereocenters. The first-order valence-electron chi connectivity index (χ1n) is 8.62. The number of primary amides is 1. The lowest BCUT2D eigenvalue weighted by atomic mass is 10.0. The van der Waals surface area contributed by atoms with E-state index in [-0.39, 0.29) is 13.0 Å². The molecule has 146 valence electrons. The van der Waals surface area contributed by atoms with E-state index in [2.05, 4.69) is 5.32 Å². The van der Waals surface area contributed by atoms with Crippen molar-refractivity contribution in [1.82, 2.24) is 5.32 Å². The number of carbonyl (C=O) groups is 2. The molecule has 0 radical (unpaired) electrons. The highest BCUT2D eigenvalue weighted by Gasteiger charge is 2.20. The summed E-state index contributed by atoms with van der Waals surface area (Å²) in [6.07, 6.45) is -0.0685. The number of ether oxygens (including phenoxy) is 1. The van der Waals surface area contributed by atoms with Gasteiger partial charge in [0.15, 0.2) is 0 Å². The lowest BCUT2D eigenvalue weighted by Crippen LogP contribution is -2.34. The van der Waals surface area contributed by atoms with Gasteiger partial charge < -0.3 is 20.2 Å². The predicted molar refractivity (Wildman–Crippen MR) is 106 cm³/mol. The Morgan fingerprint density at radius 1 is 1.25 bits per heavy atom. The minimum absolute atomic E-state index is 0.0685. The van der Waals surface area contributed by atoms with Crippen molar-refractivity contribution in [3.63, 3.8) is 0 Å². The van der Waals surface area contributed by atoms with Crippen molar-refractivity contribution in [2.24, 2.45) is 5.73 Å². The highest BCUT2D eigenvalue weighted by Crippen LogP contribution is 2.24. The van der Waals surface area contributed by atoms with Crippen LogP contribution in [-0.2, 0) is 16.1 Å². The molecule has 28 heavy (non-hydrogen) atoms. The number of urea groups is 1. The molecule has 2 heterocycles. The molecule has 0 aliphatic heterocycles. The van der Waals surface area contributed by atoms with Gasteiger partial charge in [-0.1, -0.05) is 6.07 Å². The van der Waals surface area contributed by atoms with Gasteiger partial charge in [-0.05, 0) is 48.6 Å². The lowest BCUT2D eigenvalue weighted by molar-refractivity contribution is -0.145. The molecule has 0 saturated heterocycles. The van der Waals surface area contributed by atoms with Crippen LogP contribution in [0.25, 0.3) is 11.0 Å². The Morgan fingerprint density at radius 3 is 2.68 bits per heavy atom. The molecule has 0 fully saturated rings. The highest BCUT2D eigenvalue weighted by atomic mass is 32.1. The number of rotatable bonds is 6. The quantitative estimate of drug-likeness (QED) is 0.487. The van der Waals surface area contributed by atoms with Crippen LogP contribution in [0.5, 0.6) is 0 Å². The Bertz CT molecular complexity index is 1070. The van der Waals surface area contributed by atoms with Crippen molar-refractivity contribution in [3.8, 4) is 0 Å². The summed E-state index contributed by atoms with van der Waals surface area (Å²) in [4.78, 5) is 36.2. The number of benzene rings is 1. The maximum absolute atomic E-state index is 12.3. The minimum Gasteiger partial charge on any atom is -0.461 e. The van der Waals surface area contributed by atoms with Crippen LogP contribution in [-0.4, -0.2) is 12.0 Å². The molecule has 0 aliphatic rings. The number of hydrogen-bond acceptors (Lipinski definition) is 6. The van der Waals surface area contributed by atoms with E-state index in [1.54, 1.807) is 12.1 Å². The normalized spacial score (nSPS) is 11.9. The van der Waals surface area contributed by atoms with E-state index in [0.717, 1.165) is 21.4 Å². The molecule has 7 nitrogen and oxygen atoms in total. The number of aryl methyl sites for hydroxylation is 2. The van der Waals surface area contributed by atoms with Crippen LogP contribution < -0.4 is 16.7 Å². The van der Waals surface area contributed by atoms with Gasteiger partial charge in [0.05, 0.1) is 12.5 Å². The van der Waals surface area contributed by atoms with Crippen molar-refractivity contribution in [1.29, 1.82) is 0 Å². The summed E-state index contributed by atoms with van der Waals surface area (Å²) >= 11 is 1.40. The lowest BCUT2D eigenvalue weighted by Gasteiger charge is -2.15. The minimum atomic E-state index is -0.719. The smallest absolute Gasteiger partial charge is 0.336 e. The van der Waals surface area contributed by atoms with Gasteiger partial charge in [-0.2, -0.15) is 0 Å². The maximum atomic E-state index is 12.3. The molecule has 2 amide bonds. The number of esters is 1. The molecule has 0 saturated carbocycles. The van der Waals surface area contributed by atoms with E-state index in [1.807, 2.05) is 31.4 Å². The summed E-state index contributed by atoms with van der Waals surface area (Å²) in [5, 5.41) is 5.11. The van der Waals surface area contributed by atoms with Gasteiger partial charge in [0, 0.05) is 21.9 Å². The van der Waals surface area contributed by atoms with Gasteiger partial charge in [0.1, 0.15) is 12.2 Å². The van der Waals surface area contributed by atoms with Crippen LogP contribution in [0.2, 0.25) is 0 Å². The molecule has 3 rings (SSSR count). The summed E-state index contributed by atoms with van der Waals surface area (Å²) < 4.78 is 10.6. The average molecular weight is 400 g/mol. The Balaban J connectivity index is 1.76. The van der Waals surface area contributed by atoms with E-state index in [9.17, 15) is 14.4 Å². The topological polar surface area (TPSA) is 112 Å². The van der Waals surface area contributed by atoms with Crippen LogP contribution in [0.3, 0.4) is 0 Å².